The van der Waals surface area contributed by atoms with Gasteiger partial charge in [0.2, 0.25) is 0 Å². The quantitative estimate of drug-likeness (QED) is 0.585. The molecule has 0 aromatic heterocycles. The van der Waals surface area contributed by atoms with Crippen molar-refractivity contribution < 1.29 is 24.2 Å². The molecule has 0 bridgehead atoms. The smallest absolute Gasteiger partial charge is 0.342 e. The fraction of sp³-hybridized carbons (Fsp3) is 0.167. The maximum absolute atomic E-state index is 12.1. The first-order chi connectivity index (χ1) is 11.8. The molecule has 0 aliphatic rings. The predicted molar refractivity (Wildman–Crippen MR) is 95.8 cm³/mol. The Balaban J connectivity index is 2.01. The van der Waals surface area contributed by atoms with Crippen molar-refractivity contribution in [2.45, 2.75) is 20.0 Å². The number of ketones is 1. The van der Waals surface area contributed by atoms with Crippen molar-refractivity contribution in [1.82, 2.24) is 0 Å². The zero-order chi connectivity index (χ0) is 18.6. The normalized spacial score (nSPS) is 11.5. The largest absolute Gasteiger partial charge is 0.507 e. The van der Waals surface area contributed by atoms with Gasteiger partial charge in [-0.3, -0.25) is 9.59 Å². The molecule has 0 aliphatic carbocycles. The van der Waals surface area contributed by atoms with E-state index in [-0.39, 0.29) is 17.1 Å². The van der Waals surface area contributed by atoms with Crippen LogP contribution in [0.15, 0.2) is 46.9 Å². The van der Waals surface area contributed by atoms with E-state index in [1.54, 1.807) is 30.3 Å². The molecule has 0 saturated heterocycles. The number of carbonyl (C=O) groups excluding carboxylic acids is 3. The number of aromatic hydroxyl groups is 1. The summed E-state index contributed by atoms with van der Waals surface area (Å²) >= 11 is 3.20. The summed E-state index contributed by atoms with van der Waals surface area (Å²) in [6.07, 6.45) is -1.07. The van der Waals surface area contributed by atoms with Crippen LogP contribution < -0.4 is 5.32 Å². The van der Waals surface area contributed by atoms with Crippen LogP contribution in [-0.4, -0.2) is 28.9 Å². The zero-order valence-electron chi connectivity index (χ0n) is 13.6. The van der Waals surface area contributed by atoms with Crippen LogP contribution in [0.5, 0.6) is 5.75 Å². The van der Waals surface area contributed by atoms with E-state index in [1.807, 2.05) is 0 Å². The fourth-order valence-electron chi connectivity index (χ4n) is 1.98. The number of nitrogens with one attached hydrogen (secondary N) is 1. The summed E-state index contributed by atoms with van der Waals surface area (Å²) in [4.78, 5) is 35.4. The summed E-state index contributed by atoms with van der Waals surface area (Å²) < 4.78 is 5.68. The van der Waals surface area contributed by atoms with Gasteiger partial charge in [-0.1, -0.05) is 15.9 Å². The number of halogens is 1. The number of hydrogen-bond donors (Lipinski definition) is 2. The highest BCUT2D eigenvalue weighted by Gasteiger charge is 2.21. The molecule has 2 N–H and O–H groups in total. The number of carbonyl (C=O) groups is 3. The molecular weight excluding hydrogens is 390 g/mol. The van der Waals surface area contributed by atoms with Gasteiger partial charge in [-0.05, 0) is 56.3 Å². The van der Waals surface area contributed by atoms with E-state index in [9.17, 15) is 19.5 Å². The number of rotatable bonds is 5. The molecule has 0 saturated carbocycles. The number of Topliss-reactive ketones (excluding diaryl/α,β-unsaturated/α-hetero) is 1. The van der Waals surface area contributed by atoms with Crippen molar-refractivity contribution in [2.24, 2.45) is 0 Å². The SMILES string of the molecule is CC(=O)c1ccc(NC(=O)[C@@H](C)OC(=O)c2cc(Br)ccc2O)cc1. The van der Waals surface area contributed by atoms with Gasteiger partial charge in [0.25, 0.3) is 5.91 Å². The fourth-order valence-corrected chi connectivity index (χ4v) is 2.34. The van der Waals surface area contributed by atoms with Gasteiger partial charge in [-0.25, -0.2) is 4.79 Å². The lowest BCUT2D eigenvalue weighted by Crippen LogP contribution is -2.30. The Labute approximate surface area is 152 Å². The third-order valence-corrected chi connectivity index (χ3v) is 3.88. The summed E-state index contributed by atoms with van der Waals surface area (Å²) in [5.74, 6) is -1.65. The number of esters is 1. The highest BCUT2D eigenvalue weighted by Crippen LogP contribution is 2.23. The average Bonchev–Trinajstić information content (AvgIpc) is 2.57. The number of amides is 1. The van der Waals surface area contributed by atoms with Crippen LogP contribution in [0.25, 0.3) is 0 Å². The van der Waals surface area contributed by atoms with Crippen LogP contribution in [0.3, 0.4) is 0 Å². The van der Waals surface area contributed by atoms with E-state index >= 15 is 0 Å². The third-order valence-electron chi connectivity index (χ3n) is 3.39. The lowest BCUT2D eigenvalue weighted by atomic mass is 10.1. The van der Waals surface area contributed by atoms with Crippen molar-refractivity contribution in [3.05, 3.63) is 58.1 Å². The van der Waals surface area contributed by atoms with Crippen LogP contribution in [0.4, 0.5) is 5.69 Å². The second-order valence-electron chi connectivity index (χ2n) is 5.33. The Bertz CT molecular complexity index is 817. The van der Waals surface area contributed by atoms with Gasteiger partial charge in [0, 0.05) is 15.7 Å². The van der Waals surface area contributed by atoms with Gasteiger partial charge in [0.1, 0.15) is 11.3 Å². The van der Waals surface area contributed by atoms with Gasteiger partial charge in [0.05, 0.1) is 0 Å². The first-order valence-corrected chi connectivity index (χ1v) is 8.18. The molecule has 0 fully saturated rings. The Morgan fingerprint density at radius 3 is 2.36 bits per heavy atom. The molecule has 2 rings (SSSR count). The number of anilines is 1. The van der Waals surface area contributed by atoms with Gasteiger partial charge in [-0.15, -0.1) is 0 Å². The van der Waals surface area contributed by atoms with E-state index < -0.39 is 18.0 Å². The second-order valence-corrected chi connectivity index (χ2v) is 6.25. The van der Waals surface area contributed by atoms with E-state index in [4.69, 9.17) is 4.74 Å². The van der Waals surface area contributed by atoms with Crippen molar-refractivity contribution >= 4 is 39.3 Å². The molecular formula is C18H16BrNO5. The number of ether oxygens (including phenoxy) is 1. The molecule has 0 heterocycles. The number of phenolic OH excluding ortho intramolecular Hbond substituents is 1. The molecule has 2 aromatic rings. The van der Waals surface area contributed by atoms with E-state index in [1.165, 1.54) is 26.0 Å². The zero-order valence-corrected chi connectivity index (χ0v) is 15.2. The van der Waals surface area contributed by atoms with E-state index in [0.29, 0.717) is 15.7 Å². The molecule has 1 amide bonds. The Morgan fingerprint density at radius 1 is 1.12 bits per heavy atom. The lowest BCUT2D eigenvalue weighted by molar-refractivity contribution is -0.123. The molecule has 0 spiro atoms. The van der Waals surface area contributed by atoms with Gasteiger partial charge in [-0.2, -0.15) is 0 Å². The monoisotopic (exact) mass is 405 g/mol. The van der Waals surface area contributed by atoms with E-state index in [0.717, 1.165) is 0 Å². The highest BCUT2D eigenvalue weighted by molar-refractivity contribution is 9.10. The maximum Gasteiger partial charge on any atom is 0.342 e. The van der Waals surface area contributed by atoms with Gasteiger partial charge < -0.3 is 15.2 Å². The van der Waals surface area contributed by atoms with Crippen LogP contribution >= 0.6 is 15.9 Å². The average molecular weight is 406 g/mol. The van der Waals surface area contributed by atoms with E-state index in [2.05, 4.69) is 21.2 Å². The van der Waals surface area contributed by atoms with Gasteiger partial charge >= 0.3 is 5.97 Å². The number of benzene rings is 2. The second kappa shape index (κ2) is 7.94. The van der Waals surface area contributed by atoms with Crippen molar-refractivity contribution in [3.63, 3.8) is 0 Å². The summed E-state index contributed by atoms with van der Waals surface area (Å²) in [5.41, 5.74) is 0.964. The Kier molecular flexibility index (Phi) is 5.93. The highest BCUT2D eigenvalue weighted by atomic mass is 79.9. The summed E-state index contributed by atoms with van der Waals surface area (Å²) in [5, 5.41) is 12.3. The first kappa shape index (κ1) is 18.7. The minimum Gasteiger partial charge on any atom is -0.507 e. The molecule has 1 atom stereocenters. The Hall–Kier alpha value is -2.67. The van der Waals surface area contributed by atoms with Crippen LogP contribution in [-0.2, 0) is 9.53 Å². The molecule has 0 aliphatic heterocycles. The summed E-state index contributed by atoms with van der Waals surface area (Å²) in [6, 6.07) is 10.7. The number of phenols is 1. The summed E-state index contributed by atoms with van der Waals surface area (Å²) in [6.45, 7) is 2.87. The minimum atomic E-state index is -1.07. The van der Waals surface area contributed by atoms with Crippen molar-refractivity contribution in [3.8, 4) is 5.75 Å². The summed E-state index contributed by atoms with van der Waals surface area (Å²) in [7, 11) is 0. The molecule has 2 aromatic carbocycles. The third kappa shape index (κ3) is 4.90. The van der Waals surface area contributed by atoms with Crippen LogP contribution in [0.1, 0.15) is 34.6 Å². The van der Waals surface area contributed by atoms with Crippen LogP contribution in [0.2, 0.25) is 0 Å². The maximum atomic E-state index is 12.1. The topological polar surface area (TPSA) is 92.7 Å². The number of hydrogen-bond acceptors (Lipinski definition) is 5. The molecule has 130 valence electrons. The first-order valence-electron chi connectivity index (χ1n) is 7.39. The predicted octanol–water partition coefficient (Wildman–Crippen LogP) is 3.54. The van der Waals surface area contributed by atoms with Crippen molar-refractivity contribution in [1.29, 1.82) is 0 Å². The molecule has 6 nitrogen and oxygen atoms in total. The molecule has 25 heavy (non-hydrogen) atoms. The molecule has 7 heteroatoms. The lowest BCUT2D eigenvalue weighted by Gasteiger charge is -2.14. The van der Waals surface area contributed by atoms with Crippen molar-refractivity contribution in [2.75, 3.05) is 5.32 Å². The molecule has 0 unspecified atom stereocenters. The molecule has 0 radical (unpaired) electrons. The Morgan fingerprint density at radius 2 is 1.76 bits per heavy atom. The minimum absolute atomic E-state index is 0.0418. The standard InChI is InChI=1S/C18H16BrNO5/c1-10(21)12-3-6-14(7-4-12)20-17(23)11(2)25-18(24)15-9-13(19)5-8-16(15)22/h3-9,11,22H,1-2H3,(H,20,23)/t11-/m1/s1. The van der Waals surface area contributed by atoms with Gasteiger partial charge in [0.15, 0.2) is 11.9 Å². The van der Waals surface area contributed by atoms with Crippen LogP contribution in [0, 0.1) is 0 Å².